The first-order chi connectivity index (χ1) is 6.81. The van der Waals surface area contributed by atoms with Gasteiger partial charge in [-0.25, -0.2) is 0 Å². The van der Waals surface area contributed by atoms with Crippen LogP contribution < -0.4 is 5.32 Å². The monoisotopic (exact) mass is 201 g/mol. The van der Waals surface area contributed by atoms with Crippen molar-refractivity contribution in [3.63, 3.8) is 0 Å². The molecular formula is C10H19NO3. The lowest BCUT2D eigenvalue weighted by Gasteiger charge is -2.05. The molecule has 0 aliphatic heterocycles. The number of rotatable bonds is 9. The standard InChI is InChI=1S/C10H19NO3/c1-3-5-7-14-8-6-11-10(12)9-13-4-2/h3H,1,4-9H2,2H3,(H,11,12). The van der Waals surface area contributed by atoms with Crippen molar-refractivity contribution in [3.05, 3.63) is 12.7 Å². The zero-order chi connectivity index (χ0) is 10.6. The van der Waals surface area contributed by atoms with Crippen molar-refractivity contribution < 1.29 is 14.3 Å². The number of hydrogen-bond donors (Lipinski definition) is 1. The molecule has 0 aromatic carbocycles. The number of nitrogens with one attached hydrogen (secondary N) is 1. The van der Waals surface area contributed by atoms with Crippen LogP contribution in [0.3, 0.4) is 0 Å². The predicted molar refractivity (Wildman–Crippen MR) is 55.1 cm³/mol. The fourth-order valence-corrected chi connectivity index (χ4v) is 0.777. The third-order valence-corrected chi connectivity index (χ3v) is 1.47. The normalized spacial score (nSPS) is 9.79. The predicted octanol–water partition coefficient (Wildman–Crippen LogP) is 0.732. The van der Waals surface area contributed by atoms with Gasteiger partial charge >= 0.3 is 0 Å². The summed E-state index contributed by atoms with van der Waals surface area (Å²) in [5, 5.41) is 2.68. The van der Waals surface area contributed by atoms with Crippen LogP contribution in [0, 0.1) is 0 Å². The zero-order valence-corrected chi connectivity index (χ0v) is 8.75. The lowest BCUT2D eigenvalue weighted by Crippen LogP contribution is -2.30. The quantitative estimate of drug-likeness (QED) is 0.442. The van der Waals surface area contributed by atoms with Crippen LogP contribution in [0.5, 0.6) is 0 Å². The molecule has 0 aromatic rings. The Morgan fingerprint density at radius 1 is 1.43 bits per heavy atom. The topological polar surface area (TPSA) is 47.6 Å². The first kappa shape index (κ1) is 13.1. The average Bonchev–Trinajstić information content (AvgIpc) is 2.20. The molecule has 14 heavy (non-hydrogen) atoms. The molecule has 1 amide bonds. The number of carbonyl (C=O) groups excluding carboxylic acids is 1. The van der Waals surface area contributed by atoms with Crippen LogP contribution in [0.2, 0.25) is 0 Å². The van der Waals surface area contributed by atoms with Crippen LogP contribution in [-0.2, 0) is 14.3 Å². The number of amides is 1. The van der Waals surface area contributed by atoms with Gasteiger partial charge in [-0.15, -0.1) is 6.58 Å². The molecule has 0 atom stereocenters. The summed E-state index contributed by atoms with van der Waals surface area (Å²) in [5.41, 5.74) is 0. The Kier molecular flexibility index (Phi) is 9.58. The molecule has 0 saturated carbocycles. The highest BCUT2D eigenvalue weighted by Crippen LogP contribution is 1.81. The molecule has 0 aromatic heterocycles. The molecule has 4 nitrogen and oxygen atoms in total. The molecule has 82 valence electrons. The van der Waals surface area contributed by atoms with Crippen LogP contribution in [0.25, 0.3) is 0 Å². The van der Waals surface area contributed by atoms with Gasteiger partial charge in [-0.2, -0.15) is 0 Å². The average molecular weight is 201 g/mol. The summed E-state index contributed by atoms with van der Waals surface area (Å²) in [6, 6.07) is 0. The van der Waals surface area contributed by atoms with Crippen molar-refractivity contribution in [1.29, 1.82) is 0 Å². The fraction of sp³-hybridized carbons (Fsp3) is 0.700. The van der Waals surface area contributed by atoms with Crippen molar-refractivity contribution in [2.75, 3.05) is 33.0 Å². The van der Waals surface area contributed by atoms with E-state index in [1.165, 1.54) is 0 Å². The minimum atomic E-state index is -0.0980. The van der Waals surface area contributed by atoms with E-state index in [0.29, 0.717) is 26.4 Å². The van der Waals surface area contributed by atoms with Crippen molar-refractivity contribution >= 4 is 5.91 Å². The van der Waals surface area contributed by atoms with Crippen molar-refractivity contribution in [1.82, 2.24) is 5.32 Å². The minimum absolute atomic E-state index is 0.0980. The SMILES string of the molecule is C=CCCOCCNC(=O)COCC. The molecular weight excluding hydrogens is 182 g/mol. The van der Waals surface area contributed by atoms with Crippen LogP contribution in [-0.4, -0.2) is 38.9 Å². The fourth-order valence-electron chi connectivity index (χ4n) is 0.777. The van der Waals surface area contributed by atoms with Crippen molar-refractivity contribution in [3.8, 4) is 0 Å². The van der Waals surface area contributed by atoms with Gasteiger partial charge in [0.15, 0.2) is 0 Å². The maximum Gasteiger partial charge on any atom is 0.246 e. The number of ether oxygens (including phenoxy) is 2. The van der Waals surface area contributed by atoms with E-state index in [1.54, 1.807) is 6.08 Å². The summed E-state index contributed by atoms with van der Waals surface area (Å²) in [7, 11) is 0. The Morgan fingerprint density at radius 2 is 2.21 bits per heavy atom. The molecule has 0 unspecified atom stereocenters. The molecule has 0 fully saturated rings. The molecule has 0 spiro atoms. The first-order valence-electron chi connectivity index (χ1n) is 4.84. The van der Waals surface area contributed by atoms with Gasteiger partial charge < -0.3 is 14.8 Å². The molecule has 0 aliphatic rings. The lowest BCUT2D eigenvalue weighted by molar-refractivity contribution is -0.125. The highest BCUT2D eigenvalue weighted by molar-refractivity contribution is 5.77. The van der Waals surface area contributed by atoms with Gasteiger partial charge in [0.1, 0.15) is 6.61 Å². The lowest BCUT2D eigenvalue weighted by atomic mass is 10.4. The van der Waals surface area contributed by atoms with Gasteiger partial charge in [-0.05, 0) is 13.3 Å². The van der Waals surface area contributed by atoms with Crippen LogP contribution in [0.15, 0.2) is 12.7 Å². The van der Waals surface area contributed by atoms with Gasteiger partial charge in [0, 0.05) is 13.2 Å². The smallest absolute Gasteiger partial charge is 0.246 e. The minimum Gasteiger partial charge on any atom is -0.379 e. The zero-order valence-electron chi connectivity index (χ0n) is 8.75. The van der Waals surface area contributed by atoms with Crippen LogP contribution in [0.1, 0.15) is 13.3 Å². The Hall–Kier alpha value is -0.870. The van der Waals surface area contributed by atoms with E-state index in [0.717, 1.165) is 6.42 Å². The maximum atomic E-state index is 11.0. The Labute approximate surface area is 85.3 Å². The molecule has 0 heterocycles. The highest BCUT2D eigenvalue weighted by atomic mass is 16.5. The van der Waals surface area contributed by atoms with Crippen LogP contribution in [0.4, 0.5) is 0 Å². The van der Waals surface area contributed by atoms with E-state index >= 15 is 0 Å². The molecule has 0 radical (unpaired) electrons. The number of carbonyl (C=O) groups is 1. The summed E-state index contributed by atoms with van der Waals surface area (Å²) in [4.78, 5) is 11.0. The van der Waals surface area contributed by atoms with Gasteiger partial charge in [-0.3, -0.25) is 4.79 Å². The Bertz CT molecular complexity index is 159. The molecule has 1 N–H and O–H groups in total. The van der Waals surface area contributed by atoms with E-state index in [4.69, 9.17) is 9.47 Å². The van der Waals surface area contributed by atoms with Gasteiger partial charge in [-0.1, -0.05) is 6.08 Å². The second kappa shape index (κ2) is 10.2. The summed E-state index contributed by atoms with van der Waals surface area (Å²) in [6.07, 6.45) is 2.64. The third-order valence-electron chi connectivity index (χ3n) is 1.47. The highest BCUT2D eigenvalue weighted by Gasteiger charge is 1.98. The van der Waals surface area contributed by atoms with Gasteiger partial charge in [0.25, 0.3) is 0 Å². The maximum absolute atomic E-state index is 11.0. The number of hydrogen-bond acceptors (Lipinski definition) is 3. The second-order valence-electron chi connectivity index (χ2n) is 2.68. The second-order valence-corrected chi connectivity index (χ2v) is 2.68. The summed E-state index contributed by atoms with van der Waals surface area (Å²) >= 11 is 0. The van der Waals surface area contributed by atoms with E-state index in [2.05, 4.69) is 11.9 Å². The largest absolute Gasteiger partial charge is 0.379 e. The third kappa shape index (κ3) is 9.22. The summed E-state index contributed by atoms with van der Waals surface area (Å²) < 4.78 is 10.1. The van der Waals surface area contributed by atoms with E-state index in [1.807, 2.05) is 6.92 Å². The van der Waals surface area contributed by atoms with E-state index in [9.17, 15) is 4.79 Å². The Morgan fingerprint density at radius 3 is 2.86 bits per heavy atom. The molecule has 0 bridgehead atoms. The van der Waals surface area contributed by atoms with Crippen LogP contribution >= 0.6 is 0 Å². The van der Waals surface area contributed by atoms with Gasteiger partial charge in [0.05, 0.1) is 13.2 Å². The summed E-state index contributed by atoms with van der Waals surface area (Å²) in [5.74, 6) is -0.0980. The molecule has 0 rings (SSSR count). The van der Waals surface area contributed by atoms with Crippen molar-refractivity contribution in [2.24, 2.45) is 0 Å². The van der Waals surface area contributed by atoms with E-state index in [-0.39, 0.29) is 12.5 Å². The molecule has 0 saturated heterocycles. The van der Waals surface area contributed by atoms with Gasteiger partial charge in [0.2, 0.25) is 5.91 Å². The van der Waals surface area contributed by atoms with E-state index < -0.39 is 0 Å². The summed E-state index contributed by atoms with van der Waals surface area (Å²) in [6.45, 7) is 7.84. The molecule has 4 heteroatoms. The first-order valence-corrected chi connectivity index (χ1v) is 4.84. The molecule has 0 aliphatic carbocycles. The van der Waals surface area contributed by atoms with Crippen molar-refractivity contribution in [2.45, 2.75) is 13.3 Å². The Balaban J connectivity index is 3.10.